The highest BCUT2D eigenvalue weighted by atomic mass is 16.2. The van der Waals surface area contributed by atoms with Crippen LogP contribution in [-0.2, 0) is 4.79 Å². The van der Waals surface area contributed by atoms with Gasteiger partial charge in [-0.2, -0.15) is 0 Å². The Morgan fingerprint density at radius 3 is 2.76 bits per heavy atom. The average molecular weight is 287 g/mol. The fraction of sp³-hybridized carbons (Fsp3) is 0.588. The molecule has 4 heteroatoms. The summed E-state index contributed by atoms with van der Waals surface area (Å²) in [7, 11) is 0. The second kappa shape index (κ2) is 6.16. The summed E-state index contributed by atoms with van der Waals surface area (Å²) in [6.45, 7) is 8.96. The Bertz CT molecular complexity index is 509. The highest BCUT2D eigenvalue weighted by Crippen LogP contribution is 2.26. The first-order valence-corrected chi connectivity index (χ1v) is 7.92. The largest absolute Gasteiger partial charge is 0.324 e. The lowest BCUT2D eigenvalue weighted by atomic mass is 9.89. The van der Waals surface area contributed by atoms with E-state index in [4.69, 9.17) is 0 Å². The summed E-state index contributed by atoms with van der Waals surface area (Å²) in [5.41, 5.74) is 3.23. The van der Waals surface area contributed by atoms with Crippen LogP contribution in [0.5, 0.6) is 0 Å². The fourth-order valence-corrected chi connectivity index (χ4v) is 3.65. The maximum Gasteiger partial charge on any atom is 0.238 e. The van der Waals surface area contributed by atoms with Gasteiger partial charge in [0.05, 0.1) is 6.54 Å². The Morgan fingerprint density at radius 1 is 1.29 bits per heavy atom. The van der Waals surface area contributed by atoms with Gasteiger partial charge in [-0.25, -0.2) is 0 Å². The third-order valence-corrected chi connectivity index (χ3v) is 4.90. The standard InChI is InChI=1S/C17H25N3O/c1-12-4-3-5-13(2)17(12)19-16(21)11-20-7-6-14-8-18-9-15(14)10-20/h3-5,14-15,18H,6-11H2,1-2H3,(H,19,21). The van der Waals surface area contributed by atoms with Gasteiger partial charge >= 0.3 is 0 Å². The molecule has 2 N–H and O–H groups in total. The number of carbonyl (C=O) groups is 1. The molecule has 2 heterocycles. The predicted octanol–water partition coefficient (Wildman–Crippen LogP) is 1.78. The van der Waals surface area contributed by atoms with Crippen LogP contribution in [0.25, 0.3) is 0 Å². The predicted molar refractivity (Wildman–Crippen MR) is 85.5 cm³/mol. The van der Waals surface area contributed by atoms with Crippen molar-refractivity contribution in [2.45, 2.75) is 20.3 Å². The number of para-hydroxylation sites is 1. The van der Waals surface area contributed by atoms with Crippen molar-refractivity contribution in [2.75, 3.05) is 38.0 Å². The van der Waals surface area contributed by atoms with Crippen molar-refractivity contribution in [1.29, 1.82) is 0 Å². The fourth-order valence-electron chi connectivity index (χ4n) is 3.65. The Hall–Kier alpha value is -1.39. The topological polar surface area (TPSA) is 44.4 Å². The van der Waals surface area contributed by atoms with Crippen molar-refractivity contribution < 1.29 is 4.79 Å². The first-order valence-electron chi connectivity index (χ1n) is 7.92. The van der Waals surface area contributed by atoms with Crippen LogP contribution in [0.15, 0.2) is 18.2 Å². The number of amides is 1. The SMILES string of the molecule is Cc1cccc(C)c1NC(=O)CN1CCC2CNCC2C1. The van der Waals surface area contributed by atoms with Crippen LogP contribution >= 0.6 is 0 Å². The molecule has 0 bridgehead atoms. The molecule has 0 aliphatic carbocycles. The van der Waals surface area contributed by atoms with E-state index in [9.17, 15) is 4.79 Å². The molecule has 0 saturated carbocycles. The number of hydrogen-bond acceptors (Lipinski definition) is 3. The molecule has 2 unspecified atom stereocenters. The first-order chi connectivity index (χ1) is 10.1. The summed E-state index contributed by atoms with van der Waals surface area (Å²) in [4.78, 5) is 14.6. The summed E-state index contributed by atoms with van der Waals surface area (Å²) >= 11 is 0. The molecule has 1 aromatic rings. The lowest BCUT2D eigenvalue weighted by Crippen LogP contribution is -2.43. The van der Waals surface area contributed by atoms with Gasteiger partial charge in [-0.1, -0.05) is 18.2 Å². The van der Waals surface area contributed by atoms with Crippen LogP contribution in [-0.4, -0.2) is 43.5 Å². The highest BCUT2D eigenvalue weighted by Gasteiger charge is 2.33. The quantitative estimate of drug-likeness (QED) is 0.891. The molecule has 2 fully saturated rings. The molecule has 0 aromatic heterocycles. The van der Waals surface area contributed by atoms with Crippen LogP contribution < -0.4 is 10.6 Å². The number of benzene rings is 1. The molecule has 114 valence electrons. The Morgan fingerprint density at radius 2 is 2.00 bits per heavy atom. The molecular weight excluding hydrogens is 262 g/mol. The zero-order valence-corrected chi connectivity index (χ0v) is 13.0. The smallest absolute Gasteiger partial charge is 0.238 e. The molecule has 2 aliphatic rings. The van der Waals surface area contributed by atoms with Crippen LogP contribution in [0.4, 0.5) is 5.69 Å². The molecule has 2 saturated heterocycles. The zero-order chi connectivity index (χ0) is 14.8. The van der Waals surface area contributed by atoms with Crippen LogP contribution in [0.2, 0.25) is 0 Å². The van der Waals surface area contributed by atoms with Gasteiger partial charge in [0.25, 0.3) is 0 Å². The highest BCUT2D eigenvalue weighted by molar-refractivity contribution is 5.93. The summed E-state index contributed by atoms with van der Waals surface area (Å²) < 4.78 is 0. The molecule has 3 rings (SSSR count). The van der Waals surface area contributed by atoms with Gasteiger partial charge in [0.15, 0.2) is 0 Å². The van der Waals surface area contributed by atoms with E-state index in [1.165, 1.54) is 6.42 Å². The number of nitrogens with one attached hydrogen (secondary N) is 2. The van der Waals surface area contributed by atoms with Gasteiger partial charge < -0.3 is 10.6 Å². The number of piperidine rings is 1. The van der Waals surface area contributed by atoms with E-state index < -0.39 is 0 Å². The monoisotopic (exact) mass is 287 g/mol. The molecule has 0 radical (unpaired) electrons. The normalized spacial score (nSPS) is 25.6. The van der Waals surface area contributed by atoms with Crippen LogP contribution in [0.1, 0.15) is 17.5 Å². The molecule has 1 aromatic carbocycles. The van der Waals surface area contributed by atoms with E-state index in [-0.39, 0.29) is 5.91 Å². The minimum atomic E-state index is 0.108. The lowest BCUT2D eigenvalue weighted by Gasteiger charge is -2.33. The lowest BCUT2D eigenvalue weighted by molar-refractivity contribution is -0.117. The molecule has 21 heavy (non-hydrogen) atoms. The Labute approximate surface area is 126 Å². The number of hydrogen-bond donors (Lipinski definition) is 2. The van der Waals surface area contributed by atoms with Gasteiger partial charge in [-0.05, 0) is 62.9 Å². The van der Waals surface area contributed by atoms with E-state index in [2.05, 4.69) is 15.5 Å². The number of carbonyl (C=O) groups excluding carboxylic acids is 1. The van der Waals surface area contributed by atoms with E-state index in [1.807, 2.05) is 32.0 Å². The van der Waals surface area contributed by atoms with E-state index in [0.29, 0.717) is 6.54 Å². The van der Waals surface area contributed by atoms with Crippen molar-refractivity contribution >= 4 is 11.6 Å². The number of likely N-dealkylation sites (tertiary alicyclic amines) is 1. The Kier molecular flexibility index (Phi) is 4.27. The summed E-state index contributed by atoms with van der Waals surface area (Å²) in [6.07, 6.45) is 1.22. The van der Waals surface area contributed by atoms with Crippen molar-refractivity contribution in [3.05, 3.63) is 29.3 Å². The van der Waals surface area contributed by atoms with Gasteiger partial charge in [-0.3, -0.25) is 9.69 Å². The maximum absolute atomic E-state index is 12.3. The zero-order valence-electron chi connectivity index (χ0n) is 13.0. The third kappa shape index (κ3) is 3.27. The van der Waals surface area contributed by atoms with Crippen molar-refractivity contribution in [3.63, 3.8) is 0 Å². The van der Waals surface area contributed by atoms with Crippen molar-refractivity contribution in [1.82, 2.24) is 10.2 Å². The summed E-state index contributed by atoms with van der Waals surface area (Å²) in [5, 5.41) is 6.55. The molecule has 2 aliphatic heterocycles. The number of anilines is 1. The van der Waals surface area contributed by atoms with Crippen LogP contribution in [0.3, 0.4) is 0 Å². The third-order valence-electron chi connectivity index (χ3n) is 4.90. The molecular formula is C17H25N3O. The van der Waals surface area contributed by atoms with Crippen molar-refractivity contribution in [2.24, 2.45) is 11.8 Å². The van der Waals surface area contributed by atoms with Gasteiger partial charge in [0.1, 0.15) is 0 Å². The maximum atomic E-state index is 12.3. The van der Waals surface area contributed by atoms with Crippen LogP contribution in [0, 0.1) is 25.7 Å². The number of fused-ring (bicyclic) bond motifs is 1. The minimum absolute atomic E-state index is 0.108. The number of nitrogens with zero attached hydrogens (tertiary/aromatic N) is 1. The summed E-state index contributed by atoms with van der Waals surface area (Å²) in [5.74, 6) is 1.66. The van der Waals surface area contributed by atoms with Gasteiger partial charge in [-0.15, -0.1) is 0 Å². The molecule has 0 spiro atoms. The first kappa shape index (κ1) is 14.5. The van der Waals surface area contributed by atoms with E-state index >= 15 is 0 Å². The number of aryl methyl sites for hydroxylation is 2. The second-order valence-corrected chi connectivity index (χ2v) is 6.52. The van der Waals surface area contributed by atoms with Crippen molar-refractivity contribution in [3.8, 4) is 0 Å². The Balaban J connectivity index is 1.57. The van der Waals surface area contributed by atoms with Gasteiger partial charge in [0, 0.05) is 12.2 Å². The second-order valence-electron chi connectivity index (χ2n) is 6.52. The number of rotatable bonds is 3. The molecule has 4 nitrogen and oxygen atoms in total. The summed E-state index contributed by atoms with van der Waals surface area (Å²) in [6, 6.07) is 6.11. The molecule has 1 amide bonds. The average Bonchev–Trinajstić information content (AvgIpc) is 2.90. The van der Waals surface area contributed by atoms with E-state index in [0.717, 1.165) is 54.8 Å². The van der Waals surface area contributed by atoms with E-state index in [1.54, 1.807) is 0 Å². The van der Waals surface area contributed by atoms with Gasteiger partial charge in [0.2, 0.25) is 5.91 Å². The minimum Gasteiger partial charge on any atom is -0.324 e. The molecule has 2 atom stereocenters.